The summed E-state index contributed by atoms with van der Waals surface area (Å²) < 4.78 is 5.28. The maximum atomic E-state index is 5.28. The molecule has 1 aliphatic carbocycles. The number of aromatic nitrogens is 1. The van der Waals surface area contributed by atoms with Gasteiger partial charge in [0.1, 0.15) is 5.75 Å². The predicted octanol–water partition coefficient (Wildman–Crippen LogP) is 3.36. The highest BCUT2D eigenvalue weighted by molar-refractivity contribution is 5.87. The van der Waals surface area contributed by atoms with Crippen LogP contribution < -0.4 is 4.74 Å². The van der Waals surface area contributed by atoms with Crippen molar-refractivity contribution in [2.75, 3.05) is 60.0 Å². The van der Waals surface area contributed by atoms with Crippen LogP contribution in [0.2, 0.25) is 0 Å². The first kappa shape index (κ1) is 19.3. The number of methoxy groups -OCH3 is 1. The molecule has 30 heavy (non-hydrogen) atoms. The average Bonchev–Trinajstić information content (AvgIpc) is 3.51. The van der Waals surface area contributed by atoms with Gasteiger partial charge in [-0.1, -0.05) is 12.1 Å². The van der Waals surface area contributed by atoms with Gasteiger partial charge < -0.3 is 19.4 Å². The van der Waals surface area contributed by atoms with E-state index in [4.69, 9.17) is 4.74 Å². The van der Waals surface area contributed by atoms with Crippen molar-refractivity contribution in [3.05, 3.63) is 65.6 Å². The van der Waals surface area contributed by atoms with Crippen molar-refractivity contribution in [1.29, 1.82) is 0 Å². The van der Waals surface area contributed by atoms with Crippen molar-refractivity contribution in [2.24, 2.45) is 0 Å². The van der Waals surface area contributed by atoms with Crippen LogP contribution in [0, 0.1) is 0 Å². The number of hydrogen-bond donors (Lipinski definition) is 0. The number of benzene rings is 1. The van der Waals surface area contributed by atoms with Gasteiger partial charge in [0, 0.05) is 68.5 Å². The SMILES string of the molecule is COc1ccc(-c2cncc(C3=C4C=C4N(CCCN4CCN(C)CC4)C3)c2)cc1. The molecular formula is C25H30N4O. The summed E-state index contributed by atoms with van der Waals surface area (Å²) in [5, 5.41) is 0. The summed E-state index contributed by atoms with van der Waals surface area (Å²) in [5.74, 6) is 0.877. The van der Waals surface area contributed by atoms with Crippen molar-refractivity contribution >= 4 is 5.57 Å². The minimum absolute atomic E-state index is 0.877. The van der Waals surface area contributed by atoms with E-state index in [0.29, 0.717) is 0 Å². The molecule has 5 heteroatoms. The molecule has 5 nitrogen and oxygen atoms in total. The Balaban J connectivity index is 1.20. The Morgan fingerprint density at radius 1 is 0.933 bits per heavy atom. The second kappa shape index (κ2) is 8.25. The van der Waals surface area contributed by atoms with Gasteiger partial charge >= 0.3 is 0 Å². The Labute approximate surface area is 179 Å². The summed E-state index contributed by atoms with van der Waals surface area (Å²) in [7, 11) is 3.91. The maximum absolute atomic E-state index is 5.28. The number of allylic oxidation sites excluding steroid dienone is 2. The molecule has 1 aromatic carbocycles. The fourth-order valence-corrected chi connectivity index (χ4v) is 4.51. The van der Waals surface area contributed by atoms with E-state index in [-0.39, 0.29) is 0 Å². The molecule has 3 aliphatic rings. The van der Waals surface area contributed by atoms with Gasteiger partial charge in [0.2, 0.25) is 0 Å². The lowest BCUT2D eigenvalue weighted by molar-refractivity contribution is 0.150. The number of ether oxygens (including phenoxy) is 1. The molecule has 0 bridgehead atoms. The van der Waals surface area contributed by atoms with Crippen molar-refractivity contribution in [3.63, 3.8) is 0 Å². The third-order valence-electron chi connectivity index (χ3n) is 6.50. The van der Waals surface area contributed by atoms with Crippen LogP contribution in [0.1, 0.15) is 12.0 Å². The standard InChI is InChI=1S/C25H30N4O/c1-27-10-12-28(13-11-27)8-3-9-29-18-24(23-15-25(23)29)21-14-20(16-26-17-21)19-4-6-22(30-2)7-5-19/h4-7,14-17H,3,8-13,18H2,1-2H3. The van der Waals surface area contributed by atoms with E-state index < -0.39 is 0 Å². The van der Waals surface area contributed by atoms with Crippen LogP contribution in [0.3, 0.4) is 0 Å². The van der Waals surface area contributed by atoms with E-state index in [9.17, 15) is 0 Å². The first-order valence-corrected chi connectivity index (χ1v) is 10.9. The molecule has 156 valence electrons. The summed E-state index contributed by atoms with van der Waals surface area (Å²) in [5.41, 5.74) is 7.86. The molecule has 0 radical (unpaired) electrons. The third kappa shape index (κ3) is 4.00. The van der Waals surface area contributed by atoms with Crippen LogP contribution in [0.25, 0.3) is 16.7 Å². The van der Waals surface area contributed by atoms with Crippen molar-refractivity contribution in [1.82, 2.24) is 19.7 Å². The Kier molecular flexibility index (Phi) is 5.32. The highest BCUT2D eigenvalue weighted by atomic mass is 16.5. The highest BCUT2D eigenvalue weighted by Gasteiger charge is 2.34. The zero-order chi connectivity index (χ0) is 20.5. The molecule has 0 spiro atoms. The van der Waals surface area contributed by atoms with Crippen LogP contribution in [-0.4, -0.2) is 79.7 Å². The summed E-state index contributed by atoms with van der Waals surface area (Å²) in [6, 6.07) is 10.5. The third-order valence-corrected chi connectivity index (χ3v) is 6.50. The van der Waals surface area contributed by atoms with E-state index in [2.05, 4.69) is 51.0 Å². The number of pyridine rings is 1. The van der Waals surface area contributed by atoms with Gasteiger partial charge in [-0.25, -0.2) is 0 Å². The van der Waals surface area contributed by atoms with Gasteiger partial charge in [-0.05, 0) is 61.0 Å². The van der Waals surface area contributed by atoms with Crippen LogP contribution in [-0.2, 0) is 0 Å². The van der Waals surface area contributed by atoms with Gasteiger partial charge in [-0.2, -0.15) is 0 Å². The van der Waals surface area contributed by atoms with Gasteiger partial charge in [-0.3, -0.25) is 4.98 Å². The molecule has 1 aromatic heterocycles. The number of piperazine rings is 1. The summed E-state index contributed by atoms with van der Waals surface area (Å²) in [4.78, 5) is 12.1. The van der Waals surface area contributed by atoms with Crippen LogP contribution in [0.15, 0.2) is 60.1 Å². The maximum Gasteiger partial charge on any atom is 0.118 e. The van der Waals surface area contributed by atoms with Crippen LogP contribution in [0.5, 0.6) is 5.75 Å². The van der Waals surface area contributed by atoms with Crippen molar-refractivity contribution in [3.8, 4) is 16.9 Å². The molecule has 1 fully saturated rings. The fourth-order valence-electron chi connectivity index (χ4n) is 4.51. The van der Waals surface area contributed by atoms with E-state index in [1.807, 2.05) is 24.5 Å². The van der Waals surface area contributed by atoms with E-state index >= 15 is 0 Å². The summed E-state index contributed by atoms with van der Waals surface area (Å²) in [6.07, 6.45) is 7.51. The average molecular weight is 403 g/mol. The molecule has 2 aliphatic heterocycles. The van der Waals surface area contributed by atoms with E-state index in [1.165, 1.54) is 67.1 Å². The molecule has 0 amide bonds. The van der Waals surface area contributed by atoms with E-state index in [1.54, 1.807) is 7.11 Å². The van der Waals surface area contributed by atoms with Crippen molar-refractivity contribution in [2.45, 2.75) is 6.42 Å². The molecule has 0 unspecified atom stereocenters. The summed E-state index contributed by atoms with van der Waals surface area (Å²) in [6.45, 7) is 8.16. The van der Waals surface area contributed by atoms with Crippen LogP contribution in [0.4, 0.5) is 0 Å². The lowest BCUT2D eigenvalue weighted by Crippen LogP contribution is -2.45. The lowest BCUT2D eigenvalue weighted by Gasteiger charge is -2.32. The van der Waals surface area contributed by atoms with Gasteiger partial charge in [-0.15, -0.1) is 0 Å². The predicted molar refractivity (Wildman–Crippen MR) is 121 cm³/mol. The quantitative estimate of drug-likeness (QED) is 0.709. The number of fused-ring (bicyclic) bond motifs is 1. The second-order valence-electron chi connectivity index (χ2n) is 8.53. The minimum atomic E-state index is 0.877. The second-order valence-corrected chi connectivity index (χ2v) is 8.53. The molecular weight excluding hydrogens is 372 g/mol. The Morgan fingerprint density at radius 2 is 1.70 bits per heavy atom. The normalized spacial score (nSPS) is 19.1. The largest absolute Gasteiger partial charge is 0.497 e. The number of rotatable bonds is 7. The van der Waals surface area contributed by atoms with Gasteiger partial charge in [0.05, 0.1) is 7.11 Å². The zero-order valence-corrected chi connectivity index (χ0v) is 18.0. The Bertz CT molecular complexity index is 971. The van der Waals surface area contributed by atoms with E-state index in [0.717, 1.165) is 24.4 Å². The van der Waals surface area contributed by atoms with Crippen LogP contribution >= 0.6 is 0 Å². The number of nitrogens with zero attached hydrogens (tertiary/aromatic N) is 4. The number of likely N-dealkylation sites (N-methyl/N-ethyl adjacent to an activating group) is 1. The summed E-state index contributed by atoms with van der Waals surface area (Å²) >= 11 is 0. The van der Waals surface area contributed by atoms with Gasteiger partial charge in [0.15, 0.2) is 0 Å². The smallest absolute Gasteiger partial charge is 0.118 e. The van der Waals surface area contributed by atoms with Gasteiger partial charge in [0.25, 0.3) is 0 Å². The molecule has 3 heterocycles. The minimum Gasteiger partial charge on any atom is -0.497 e. The highest BCUT2D eigenvalue weighted by Crippen LogP contribution is 2.45. The monoisotopic (exact) mass is 402 g/mol. The first-order valence-electron chi connectivity index (χ1n) is 10.9. The number of hydrogen-bond acceptors (Lipinski definition) is 5. The first-order chi connectivity index (χ1) is 14.7. The van der Waals surface area contributed by atoms with Crippen molar-refractivity contribution < 1.29 is 4.74 Å². The molecule has 1 saturated heterocycles. The molecule has 5 rings (SSSR count). The molecule has 2 aromatic rings. The zero-order valence-electron chi connectivity index (χ0n) is 18.0. The Morgan fingerprint density at radius 3 is 2.47 bits per heavy atom. The molecule has 0 atom stereocenters. The lowest BCUT2D eigenvalue weighted by atomic mass is 10.0. The molecule has 0 N–H and O–H groups in total. The molecule has 0 saturated carbocycles. The topological polar surface area (TPSA) is 31.8 Å². The Hall–Kier alpha value is -2.63. The fraction of sp³-hybridized carbons (Fsp3) is 0.400.